The second-order valence-electron chi connectivity index (χ2n) is 3.75. The minimum atomic E-state index is -4.28. The van der Waals surface area contributed by atoms with Crippen LogP contribution in [0, 0.1) is 0 Å². The summed E-state index contributed by atoms with van der Waals surface area (Å²) < 4.78 is 37.2. The van der Waals surface area contributed by atoms with Crippen molar-refractivity contribution in [1.29, 1.82) is 0 Å². The summed E-state index contributed by atoms with van der Waals surface area (Å²) in [6.45, 7) is 0.456. The Balaban J connectivity index is 2.08. The third kappa shape index (κ3) is 4.48. The number of aromatic nitrogens is 1. The second kappa shape index (κ2) is 5.97. The largest absolute Gasteiger partial charge is 0.446 e. The van der Waals surface area contributed by atoms with Crippen LogP contribution in [0.5, 0.6) is 0 Å². The molecule has 0 saturated heterocycles. The van der Waals surface area contributed by atoms with Crippen LogP contribution in [0.4, 0.5) is 18.9 Å². The predicted octanol–water partition coefficient (Wildman–Crippen LogP) is 4.31. The first-order valence-electron chi connectivity index (χ1n) is 5.52. The summed E-state index contributed by atoms with van der Waals surface area (Å²) in [4.78, 5) is 4.06. The van der Waals surface area contributed by atoms with Crippen molar-refractivity contribution in [3.63, 3.8) is 0 Å². The van der Waals surface area contributed by atoms with E-state index in [2.05, 4.69) is 10.3 Å². The van der Waals surface area contributed by atoms with E-state index in [1.807, 2.05) is 12.1 Å². The molecule has 1 heterocycles. The van der Waals surface area contributed by atoms with E-state index in [-0.39, 0.29) is 16.7 Å². The molecule has 0 amide bonds. The average Bonchev–Trinajstić information content (AvgIpc) is 2.37. The molecule has 0 aliphatic heterocycles. The van der Waals surface area contributed by atoms with E-state index in [9.17, 15) is 13.2 Å². The zero-order chi connectivity index (χ0) is 13.7. The maximum atomic E-state index is 12.4. The van der Waals surface area contributed by atoms with Gasteiger partial charge in [-0.25, -0.2) is 0 Å². The first kappa shape index (κ1) is 13.7. The van der Waals surface area contributed by atoms with Crippen LogP contribution in [-0.2, 0) is 6.54 Å². The van der Waals surface area contributed by atoms with Crippen molar-refractivity contribution in [2.75, 3.05) is 5.32 Å². The van der Waals surface area contributed by atoms with Crippen LogP contribution in [0.2, 0.25) is 0 Å². The van der Waals surface area contributed by atoms with Crippen molar-refractivity contribution in [1.82, 2.24) is 4.98 Å². The molecule has 1 N–H and O–H groups in total. The summed E-state index contributed by atoms with van der Waals surface area (Å²) in [6, 6.07) is 10.0. The van der Waals surface area contributed by atoms with E-state index in [4.69, 9.17) is 0 Å². The fourth-order valence-electron chi connectivity index (χ4n) is 1.52. The molecular formula is C13H11F3N2S. The molecule has 0 saturated carbocycles. The highest BCUT2D eigenvalue weighted by atomic mass is 32.2. The number of alkyl halides is 3. The first-order valence-corrected chi connectivity index (χ1v) is 6.34. The fourth-order valence-corrected chi connectivity index (χ4v) is 2.17. The minimum Gasteiger partial charge on any atom is -0.380 e. The lowest BCUT2D eigenvalue weighted by Gasteiger charge is -2.12. The van der Waals surface area contributed by atoms with Gasteiger partial charge in [-0.2, -0.15) is 13.2 Å². The fraction of sp³-hybridized carbons (Fsp3) is 0.154. The first-order chi connectivity index (χ1) is 9.04. The van der Waals surface area contributed by atoms with Gasteiger partial charge in [0.05, 0.1) is 0 Å². The third-order valence-electron chi connectivity index (χ3n) is 2.35. The Morgan fingerprint density at radius 2 is 1.74 bits per heavy atom. The molecule has 0 fully saturated rings. The van der Waals surface area contributed by atoms with Gasteiger partial charge < -0.3 is 5.32 Å². The summed E-state index contributed by atoms with van der Waals surface area (Å²) >= 11 is -0.112. The second-order valence-corrected chi connectivity index (χ2v) is 4.86. The molecule has 0 spiro atoms. The number of pyridine rings is 1. The number of hydrogen-bond donors (Lipinski definition) is 1. The van der Waals surface area contributed by atoms with Crippen molar-refractivity contribution in [2.45, 2.75) is 16.9 Å². The minimum absolute atomic E-state index is 0.112. The molecule has 1 aromatic heterocycles. The van der Waals surface area contributed by atoms with E-state index in [1.165, 1.54) is 6.07 Å². The maximum Gasteiger partial charge on any atom is 0.446 e. The number of hydrogen-bond acceptors (Lipinski definition) is 3. The topological polar surface area (TPSA) is 24.9 Å². The van der Waals surface area contributed by atoms with Gasteiger partial charge in [-0.3, -0.25) is 4.98 Å². The van der Waals surface area contributed by atoms with Crippen LogP contribution in [0.1, 0.15) is 5.56 Å². The zero-order valence-electron chi connectivity index (χ0n) is 9.82. The van der Waals surface area contributed by atoms with Crippen LogP contribution in [0.25, 0.3) is 0 Å². The van der Waals surface area contributed by atoms with Gasteiger partial charge in [0.1, 0.15) is 0 Å². The summed E-state index contributed by atoms with van der Waals surface area (Å²) in [5.74, 6) is 0. The number of nitrogens with zero attached hydrogens (tertiary/aromatic N) is 1. The van der Waals surface area contributed by atoms with Gasteiger partial charge in [-0.15, -0.1) is 0 Å². The highest BCUT2D eigenvalue weighted by Gasteiger charge is 2.30. The monoisotopic (exact) mass is 284 g/mol. The highest BCUT2D eigenvalue weighted by Crippen LogP contribution is 2.40. The molecule has 0 aliphatic carbocycles. The molecule has 19 heavy (non-hydrogen) atoms. The molecule has 2 rings (SSSR count). The van der Waals surface area contributed by atoms with Gasteiger partial charge in [-0.1, -0.05) is 12.1 Å². The van der Waals surface area contributed by atoms with Gasteiger partial charge in [0.2, 0.25) is 0 Å². The van der Waals surface area contributed by atoms with E-state index >= 15 is 0 Å². The normalized spacial score (nSPS) is 11.3. The van der Waals surface area contributed by atoms with Crippen LogP contribution in [0.3, 0.4) is 0 Å². The van der Waals surface area contributed by atoms with Gasteiger partial charge in [-0.05, 0) is 41.6 Å². The Hall–Kier alpha value is -1.69. The SMILES string of the molecule is FC(F)(F)Sc1ccccc1NCc1ccncc1. The van der Waals surface area contributed by atoms with Crippen LogP contribution in [-0.4, -0.2) is 10.5 Å². The van der Waals surface area contributed by atoms with Gasteiger partial charge >= 0.3 is 5.51 Å². The highest BCUT2D eigenvalue weighted by molar-refractivity contribution is 8.00. The number of para-hydroxylation sites is 1. The number of benzene rings is 1. The van der Waals surface area contributed by atoms with Crippen molar-refractivity contribution in [3.8, 4) is 0 Å². The molecule has 100 valence electrons. The Bertz CT molecular complexity index is 529. The molecule has 6 heteroatoms. The standard InChI is InChI=1S/C13H11F3N2S/c14-13(15,16)19-12-4-2-1-3-11(12)18-9-10-5-7-17-8-6-10/h1-8,18H,9H2. The summed E-state index contributed by atoms with van der Waals surface area (Å²) in [6.07, 6.45) is 3.29. The van der Waals surface area contributed by atoms with Gasteiger partial charge in [0.15, 0.2) is 0 Å². The van der Waals surface area contributed by atoms with E-state index < -0.39 is 5.51 Å². The van der Waals surface area contributed by atoms with Gasteiger partial charge in [0, 0.05) is 29.5 Å². The van der Waals surface area contributed by atoms with Crippen LogP contribution >= 0.6 is 11.8 Å². The molecule has 0 unspecified atom stereocenters. The van der Waals surface area contributed by atoms with Crippen molar-refractivity contribution < 1.29 is 13.2 Å². The molecule has 0 bridgehead atoms. The lowest BCUT2D eigenvalue weighted by atomic mass is 10.2. The lowest BCUT2D eigenvalue weighted by molar-refractivity contribution is -0.0327. The van der Waals surface area contributed by atoms with E-state index in [1.54, 1.807) is 30.6 Å². The molecule has 0 aliphatic rings. The zero-order valence-corrected chi connectivity index (χ0v) is 10.6. The Morgan fingerprint density at radius 1 is 1.05 bits per heavy atom. The molecule has 1 aromatic carbocycles. The van der Waals surface area contributed by atoms with E-state index in [0.29, 0.717) is 12.2 Å². The number of anilines is 1. The average molecular weight is 284 g/mol. The molecule has 2 aromatic rings. The lowest BCUT2D eigenvalue weighted by Crippen LogP contribution is -2.04. The van der Waals surface area contributed by atoms with Crippen molar-refractivity contribution >= 4 is 17.4 Å². The van der Waals surface area contributed by atoms with Crippen LogP contribution < -0.4 is 5.32 Å². The summed E-state index contributed by atoms with van der Waals surface area (Å²) in [5, 5.41) is 3.00. The van der Waals surface area contributed by atoms with Crippen LogP contribution in [0.15, 0.2) is 53.7 Å². The molecule has 2 nitrogen and oxygen atoms in total. The Kier molecular flexibility index (Phi) is 4.31. The quantitative estimate of drug-likeness (QED) is 0.847. The van der Waals surface area contributed by atoms with E-state index in [0.717, 1.165) is 5.56 Å². The third-order valence-corrected chi connectivity index (χ3v) is 3.15. The molecule has 0 atom stereocenters. The number of rotatable bonds is 4. The number of halogens is 3. The maximum absolute atomic E-state index is 12.4. The Morgan fingerprint density at radius 3 is 2.42 bits per heavy atom. The van der Waals surface area contributed by atoms with Crippen molar-refractivity contribution in [3.05, 3.63) is 54.4 Å². The smallest absolute Gasteiger partial charge is 0.380 e. The molecule has 0 radical (unpaired) electrons. The van der Waals surface area contributed by atoms with Gasteiger partial charge in [0.25, 0.3) is 0 Å². The Labute approximate surface area is 113 Å². The summed E-state index contributed by atoms with van der Waals surface area (Å²) in [7, 11) is 0. The van der Waals surface area contributed by atoms with Crippen molar-refractivity contribution in [2.24, 2.45) is 0 Å². The number of nitrogens with one attached hydrogen (secondary N) is 1. The predicted molar refractivity (Wildman–Crippen MR) is 69.9 cm³/mol. The summed E-state index contributed by atoms with van der Waals surface area (Å²) in [5.41, 5.74) is -2.85. The molecular weight excluding hydrogens is 273 g/mol. The number of thioether (sulfide) groups is 1.